The van der Waals surface area contributed by atoms with Gasteiger partial charge in [0.1, 0.15) is 11.5 Å². The number of amidine groups is 1. The summed E-state index contributed by atoms with van der Waals surface area (Å²) in [5.41, 5.74) is 17.0. The highest BCUT2D eigenvalue weighted by Crippen LogP contribution is 2.62. The fourth-order valence-electron chi connectivity index (χ4n) is 10.4. The van der Waals surface area contributed by atoms with Gasteiger partial charge < -0.3 is 4.74 Å². The molecule has 63 heavy (non-hydrogen) atoms. The number of nitrogens with zero attached hydrogens (tertiary/aromatic N) is 2. The zero-order valence-electron chi connectivity index (χ0n) is 35.1. The summed E-state index contributed by atoms with van der Waals surface area (Å²) in [5, 5.41) is 2.49. The summed E-state index contributed by atoms with van der Waals surface area (Å²) in [6.07, 6.45) is 11.9. The van der Waals surface area contributed by atoms with Crippen molar-refractivity contribution in [1.82, 2.24) is 0 Å². The number of benzene rings is 8. The average Bonchev–Trinajstić information content (AvgIpc) is 3.47. The van der Waals surface area contributed by atoms with E-state index in [4.69, 9.17) is 14.7 Å². The predicted octanol–water partition coefficient (Wildman–Crippen LogP) is 15.1. The molecule has 8 aromatic rings. The fourth-order valence-corrected chi connectivity index (χ4v) is 10.4. The van der Waals surface area contributed by atoms with Crippen molar-refractivity contribution in [1.29, 1.82) is 0 Å². The number of rotatable bonds is 6. The third-order valence-corrected chi connectivity index (χ3v) is 13.5. The number of aliphatic imine (C=N–C) groups is 2. The van der Waals surface area contributed by atoms with Crippen molar-refractivity contribution in [3.8, 4) is 44.9 Å². The van der Waals surface area contributed by atoms with Gasteiger partial charge in [-0.25, -0.2) is 9.98 Å². The molecule has 12 rings (SSSR count). The Morgan fingerprint density at radius 2 is 1.16 bits per heavy atom. The van der Waals surface area contributed by atoms with Crippen LogP contribution in [0.5, 0.6) is 11.5 Å². The number of fused-ring (bicyclic) bond motifs is 10. The zero-order chi connectivity index (χ0) is 41.9. The van der Waals surface area contributed by atoms with Crippen LogP contribution >= 0.6 is 0 Å². The Morgan fingerprint density at radius 1 is 0.524 bits per heavy atom. The molecule has 0 N–H and O–H groups in total. The summed E-state index contributed by atoms with van der Waals surface area (Å²) in [6, 6.07) is 66.0. The molecule has 0 aromatic heterocycles. The van der Waals surface area contributed by atoms with Gasteiger partial charge in [0.05, 0.1) is 16.8 Å². The van der Waals surface area contributed by atoms with Crippen LogP contribution in [-0.4, -0.2) is 11.5 Å². The first-order chi connectivity index (χ1) is 31.2. The molecule has 2 unspecified atom stereocenters. The monoisotopic (exact) mass is 808 g/mol. The maximum Gasteiger partial charge on any atom is 0.160 e. The van der Waals surface area contributed by atoms with Crippen LogP contribution in [0.3, 0.4) is 0 Å². The van der Waals surface area contributed by atoms with E-state index in [1.54, 1.807) is 0 Å². The summed E-state index contributed by atoms with van der Waals surface area (Å²) in [5.74, 6) is 2.62. The molecule has 8 aromatic carbocycles. The van der Waals surface area contributed by atoms with E-state index in [0.29, 0.717) is 0 Å². The molecule has 4 aliphatic rings. The Morgan fingerprint density at radius 3 is 1.94 bits per heavy atom. The fraction of sp³-hybridized carbons (Fsp3) is 0.100. The third kappa shape index (κ3) is 6.10. The topological polar surface area (TPSA) is 34.0 Å². The second-order valence-corrected chi connectivity index (χ2v) is 17.0. The first-order valence-corrected chi connectivity index (χ1v) is 22.2. The Hall–Kier alpha value is -7.62. The SMILES string of the molecule is CCC1C=C(C2=CC=CCC2)N=C(c2ccc(-c3ccccc3)cc2)N=C1c1ccc(-c2ccc3c(c2)Oc2ccccc2C32c3ccccc3-c3cc4ccccc4cc32)cc1. The van der Waals surface area contributed by atoms with E-state index in [2.05, 4.69) is 213 Å². The summed E-state index contributed by atoms with van der Waals surface area (Å²) in [4.78, 5) is 10.8. The molecule has 0 saturated carbocycles. The number of ether oxygens (including phenoxy) is 1. The van der Waals surface area contributed by atoms with E-state index in [1.807, 2.05) is 0 Å². The number of para-hydroxylation sites is 1. The molecule has 3 heteroatoms. The van der Waals surface area contributed by atoms with Crippen molar-refractivity contribution < 1.29 is 4.74 Å². The first-order valence-electron chi connectivity index (χ1n) is 22.2. The van der Waals surface area contributed by atoms with Gasteiger partial charge >= 0.3 is 0 Å². The Bertz CT molecular complexity index is 3280. The summed E-state index contributed by atoms with van der Waals surface area (Å²) in [6.45, 7) is 2.25. The van der Waals surface area contributed by atoms with E-state index >= 15 is 0 Å². The van der Waals surface area contributed by atoms with E-state index in [-0.39, 0.29) is 5.92 Å². The number of hydrogen-bond donors (Lipinski definition) is 0. The van der Waals surface area contributed by atoms with Crippen LogP contribution in [0.15, 0.2) is 228 Å². The van der Waals surface area contributed by atoms with Crippen LogP contribution in [0.2, 0.25) is 0 Å². The van der Waals surface area contributed by atoms with Gasteiger partial charge in [0.25, 0.3) is 0 Å². The second-order valence-electron chi connectivity index (χ2n) is 17.0. The molecule has 3 nitrogen and oxygen atoms in total. The molecule has 0 bridgehead atoms. The largest absolute Gasteiger partial charge is 0.457 e. The normalized spacial score (nSPS) is 18.2. The van der Waals surface area contributed by atoms with Crippen LogP contribution in [-0.2, 0) is 5.41 Å². The van der Waals surface area contributed by atoms with E-state index < -0.39 is 5.41 Å². The lowest BCUT2D eigenvalue weighted by atomic mass is 9.66. The molecule has 300 valence electrons. The maximum absolute atomic E-state index is 6.90. The molecule has 2 aliphatic heterocycles. The highest BCUT2D eigenvalue weighted by atomic mass is 16.5. The predicted molar refractivity (Wildman–Crippen MR) is 260 cm³/mol. The van der Waals surface area contributed by atoms with E-state index in [9.17, 15) is 0 Å². The quantitative estimate of drug-likeness (QED) is 0.165. The third-order valence-electron chi connectivity index (χ3n) is 13.5. The first kappa shape index (κ1) is 37.2. The Kier molecular flexibility index (Phi) is 8.89. The van der Waals surface area contributed by atoms with Crippen LogP contribution in [0.4, 0.5) is 0 Å². The van der Waals surface area contributed by atoms with Crippen LogP contribution in [0.25, 0.3) is 44.2 Å². The second kappa shape index (κ2) is 15.1. The standard InChI is InChI=1S/C60H44N2O/c1-2-39-37-55(43-17-7-4-8-18-43)61-59(45-31-27-41(28-32-45)40-15-5-3-6-16-40)62-58(39)44-29-25-42(26-30-44)48-33-34-53-57(38-48)63-56-24-14-13-23-52(56)60(53)51-22-12-11-21-49(51)50-35-46-19-9-10-20-47(46)36-54(50)60/h3-7,9-17,19-39H,2,8,18H2,1H3. The van der Waals surface area contributed by atoms with Crippen LogP contribution < -0.4 is 4.74 Å². The van der Waals surface area contributed by atoms with Crippen molar-refractivity contribution in [3.63, 3.8) is 0 Å². The minimum atomic E-state index is -0.521. The molecule has 0 saturated heterocycles. The molecule has 0 fully saturated rings. The van der Waals surface area contributed by atoms with Crippen molar-refractivity contribution in [2.24, 2.45) is 15.9 Å². The minimum absolute atomic E-state index is 0.102. The molecule has 2 aliphatic carbocycles. The Labute approximate surface area is 368 Å². The van der Waals surface area contributed by atoms with Crippen molar-refractivity contribution in [3.05, 3.63) is 251 Å². The molecule has 2 atom stereocenters. The van der Waals surface area contributed by atoms with Gasteiger partial charge in [-0.15, -0.1) is 0 Å². The van der Waals surface area contributed by atoms with E-state index in [0.717, 1.165) is 75.8 Å². The molecule has 0 radical (unpaired) electrons. The summed E-state index contributed by atoms with van der Waals surface area (Å²) >= 11 is 0. The maximum atomic E-state index is 6.90. The van der Waals surface area contributed by atoms with Gasteiger partial charge in [0.15, 0.2) is 5.84 Å². The van der Waals surface area contributed by atoms with Crippen LogP contribution in [0, 0.1) is 5.92 Å². The van der Waals surface area contributed by atoms with Gasteiger partial charge in [-0.05, 0) is 116 Å². The minimum Gasteiger partial charge on any atom is -0.457 e. The van der Waals surface area contributed by atoms with Crippen molar-refractivity contribution >= 4 is 22.3 Å². The van der Waals surface area contributed by atoms with Gasteiger partial charge in [-0.1, -0.05) is 183 Å². The molecule has 0 amide bonds. The molecule has 1 spiro atoms. The van der Waals surface area contributed by atoms with Gasteiger partial charge in [-0.2, -0.15) is 0 Å². The van der Waals surface area contributed by atoms with Gasteiger partial charge in [0.2, 0.25) is 0 Å². The Balaban J connectivity index is 0.943. The van der Waals surface area contributed by atoms with Crippen molar-refractivity contribution in [2.75, 3.05) is 0 Å². The van der Waals surface area contributed by atoms with Gasteiger partial charge in [-0.3, -0.25) is 0 Å². The van der Waals surface area contributed by atoms with Crippen molar-refractivity contribution in [2.45, 2.75) is 31.6 Å². The lowest BCUT2D eigenvalue weighted by Crippen LogP contribution is -2.32. The van der Waals surface area contributed by atoms with Crippen LogP contribution in [0.1, 0.15) is 59.6 Å². The molecular weight excluding hydrogens is 765 g/mol. The zero-order valence-corrected chi connectivity index (χ0v) is 35.1. The summed E-state index contributed by atoms with van der Waals surface area (Å²) in [7, 11) is 0. The molecular formula is C60H44N2O. The number of hydrogen-bond acceptors (Lipinski definition) is 3. The lowest BCUT2D eigenvalue weighted by Gasteiger charge is -2.39. The van der Waals surface area contributed by atoms with E-state index in [1.165, 1.54) is 55.3 Å². The van der Waals surface area contributed by atoms with Gasteiger partial charge in [0, 0.05) is 22.6 Å². The lowest BCUT2D eigenvalue weighted by molar-refractivity contribution is 0.436. The highest BCUT2D eigenvalue weighted by molar-refractivity contribution is 6.15. The molecule has 2 heterocycles. The average molecular weight is 809 g/mol. The smallest absolute Gasteiger partial charge is 0.160 e. The summed E-state index contributed by atoms with van der Waals surface area (Å²) < 4.78 is 6.90. The highest BCUT2D eigenvalue weighted by Gasteiger charge is 2.51. The number of allylic oxidation sites excluding steroid dienone is 5.